The molecule has 3 rings (SSSR count). The van der Waals surface area contributed by atoms with Gasteiger partial charge in [-0.15, -0.1) is 12.4 Å². The Bertz CT molecular complexity index is 642. The zero-order valence-corrected chi connectivity index (χ0v) is 14.6. The molecule has 2 aromatic carbocycles. The Hall–Kier alpha value is -2.00. The van der Waals surface area contributed by atoms with E-state index in [0.29, 0.717) is 18.4 Å². The first-order valence-electron chi connectivity index (χ1n) is 8.38. The minimum atomic E-state index is 0. The zero-order chi connectivity index (χ0) is 16.1. The summed E-state index contributed by atoms with van der Waals surface area (Å²) >= 11 is 0. The van der Waals surface area contributed by atoms with Gasteiger partial charge >= 0.3 is 0 Å². The molecule has 0 radical (unpaired) electrons. The van der Waals surface area contributed by atoms with Crippen LogP contribution in [0.1, 0.15) is 30.4 Å². The van der Waals surface area contributed by atoms with E-state index in [1.165, 1.54) is 18.4 Å². The molecule has 0 spiro atoms. The van der Waals surface area contributed by atoms with E-state index in [1.54, 1.807) is 0 Å². The molecule has 0 aromatic heterocycles. The summed E-state index contributed by atoms with van der Waals surface area (Å²) in [6.07, 6.45) is 4.96. The summed E-state index contributed by atoms with van der Waals surface area (Å²) in [5.41, 5.74) is 8.78. The minimum absolute atomic E-state index is 0. The fourth-order valence-corrected chi connectivity index (χ4v) is 3.47. The Morgan fingerprint density at radius 3 is 2.42 bits per heavy atom. The van der Waals surface area contributed by atoms with Gasteiger partial charge in [0.05, 0.1) is 6.42 Å². The van der Waals surface area contributed by atoms with Crippen LogP contribution in [0.5, 0.6) is 0 Å². The molecule has 3 N–H and O–H groups in total. The number of amides is 1. The van der Waals surface area contributed by atoms with Crippen LogP contribution in [0.2, 0.25) is 0 Å². The molecule has 1 aliphatic carbocycles. The molecule has 0 aliphatic heterocycles. The molecule has 0 bridgehead atoms. The van der Waals surface area contributed by atoms with Gasteiger partial charge in [-0.25, -0.2) is 0 Å². The van der Waals surface area contributed by atoms with Gasteiger partial charge in [0.25, 0.3) is 0 Å². The predicted molar refractivity (Wildman–Crippen MR) is 101 cm³/mol. The number of nitrogens with one attached hydrogen (secondary N) is 1. The highest BCUT2D eigenvalue weighted by Crippen LogP contribution is 2.29. The fourth-order valence-electron chi connectivity index (χ4n) is 3.47. The van der Waals surface area contributed by atoms with Crippen LogP contribution in [-0.2, 0) is 17.6 Å². The second-order valence-electron chi connectivity index (χ2n) is 6.47. The normalized spacial score (nSPS) is 19.5. The molecule has 2 unspecified atom stereocenters. The third-order valence-corrected chi connectivity index (χ3v) is 4.69. The van der Waals surface area contributed by atoms with Gasteiger partial charge in [0.2, 0.25) is 5.91 Å². The van der Waals surface area contributed by atoms with Gasteiger partial charge in [-0.2, -0.15) is 0 Å². The Labute approximate surface area is 150 Å². The Morgan fingerprint density at radius 1 is 1.00 bits per heavy atom. The lowest BCUT2D eigenvalue weighted by molar-refractivity contribution is -0.121. The molecule has 1 fully saturated rings. The minimum Gasteiger partial charge on any atom is -0.399 e. The van der Waals surface area contributed by atoms with Gasteiger partial charge in [-0.3, -0.25) is 4.79 Å². The summed E-state index contributed by atoms with van der Waals surface area (Å²) in [7, 11) is 0. The van der Waals surface area contributed by atoms with Crippen molar-refractivity contribution in [1.82, 2.24) is 5.32 Å². The molecule has 2 atom stereocenters. The predicted octanol–water partition coefficient (Wildman–Crippen LogP) is 3.76. The average molecular weight is 345 g/mol. The van der Waals surface area contributed by atoms with Crippen LogP contribution in [0.3, 0.4) is 0 Å². The quantitative estimate of drug-likeness (QED) is 0.811. The van der Waals surface area contributed by atoms with Crippen molar-refractivity contribution in [3.05, 3.63) is 65.7 Å². The van der Waals surface area contributed by atoms with Crippen molar-refractivity contribution in [3.8, 4) is 0 Å². The molecule has 0 heterocycles. The second-order valence-corrected chi connectivity index (χ2v) is 6.47. The molecular formula is C20H25ClN2O. The molecule has 1 amide bonds. The van der Waals surface area contributed by atoms with Crippen LogP contribution >= 0.6 is 12.4 Å². The van der Waals surface area contributed by atoms with Gasteiger partial charge in [0.15, 0.2) is 0 Å². The lowest BCUT2D eigenvalue weighted by Crippen LogP contribution is -2.38. The molecule has 0 saturated heterocycles. The molecule has 2 aromatic rings. The maximum Gasteiger partial charge on any atom is 0.224 e. The van der Waals surface area contributed by atoms with Crippen molar-refractivity contribution in [3.63, 3.8) is 0 Å². The first kappa shape index (κ1) is 18.3. The lowest BCUT2D eigenvalue weighted by atomic mass is 9.94. The maximum atomic E-state index is 12.3. The van der Waals surface area contributed by atoms with Crippen molar-refractivity contribution in [1.29, 1.82) is 0 Å². The van der Waals surface area contributed by atoms with Crippen LogP contribution < -0.4 is 11.1 Å². The van der Waals surface area contributed by atoms with E-state index in [2.05, 4.69) is 29.6 Å². The molecule has 128 valence electrons. The van der Waals surface area contributed by atoms with Gasteiger partial charge in [0, 0.05) is 11.7 Å². The Kier molecular flexibility index (Phi) is 6.68. The van der Waals surface area contributed by atoms with Crippen LogP contribution in [-0.4, -0.2) is 11.9 Å². The van der Waals surface area contributed by atoms with E-state index in [4.69, 9.17) is 5.73 Å². The van der Waals surface area contributed by atoms with Crippen LogP contribution in [0, 0.1) is 5.92 Å². The van der Waals surface area contributed by atoms with Crippen molar-refractivity contribution >= 4 is 24.0 Å². The van der Waals surface area contributed by atoms with Gasteiger partial charge in [0.1, 0.15) is 0 Å². The van der Waals surface area contributed by atoms with Crippen LogP contribution in [0.4, 0.5) is 5.69 Å². The van der Waals surface area contributed by atoms with Crippen molar-refractivity contribution in [2.75, 3.05) is 5.73 Å². The van der Waals surface area contributed by atoms with Gasteiger partial charge in [-0.1, -0.05) is 48.9 Å². The monoisotopic (exact) mass is 344 g/mol. The number of rotatable bonds is 5. The lowest BCUT2D eigenvalue weighted by Gasteiger charge is -2.21. The smallest absolute Gasteiger partial charge is 0.224 e. The summed E-state index contributed by atoms with van der Waals surface area (Å²) in [4.78, 5) is 12.3. The summed E-state index contributed by atoms with van der Waals surface area (Å²) in [6.45, 7) is 0. The van der Waals surface area contributed by atoms with Crippen molar-refractivity contribution < 1.29 is 4.79 Å². The fraction of sp³-hybridized carbons (Fsp3) is 0.350. The highest BCUT2D eigenvalue weighted by atomic mass is 35.5. The first-order valence-corrected chi connectivity index (χ1v) is 8.38. The maximum absolute atomic E-state index is 12.3. The number of halogens is 1. The number of carbonyl (C=O) groups excluding carboxylic acids is 1. The summed E-state index contributed by atoms with van der Waals surface area (Å²) in [6, 6.07) is 18.4. The molecule has 3 nitrogen and oxygen atoms in total. The molecule has 24 heavy (non-hydrogen) atoms. The highest BCUT2D eigenvalue weighted by molar-refractivity contribution is 5.85. The van der Waals surface area contributed by atoms with E-state index < -0.39 is 0 Å². The van der Waals surface area contributed by atoms with E-state index in [9.17, 15) is 4.79 Å². The van der Waals surface area contributed by atoms with Crippen LogP contribution in [0.25, 0.3) is 0 Å². The number of nitrogen functional groups attached to an aromatic ring is 1. The standard InChI is InChI=1S/C20H24N2O.ClH/c21-18-11-9-16(10-12-18)14-20(23)22-19-8-4-7-17(19)13-15-5-2-1-3-6-15;/h1-3,5-6,9-12,17,19H,4,7-8,13-14,21H2,(H,22,23);1H. The Morgan fingerprint density at radius 2 is 1.71 bits per heavy atom. The first-order chi connectivity index (χ1) is 11.2. The van der Waals surface area contributed by atoms with E-state index in [1.807, 2.05) is 30.3 Å². The number of nitrogens with two attached hydrogens (primary N) is 1. The highest BCUT2D eigenvalue weighted by Gasteiger charge is 2.28. The largest absolute Gasteiger partial charge is 0.399 e. The summed E-state index contributed by atoms with van der Waals surface area (Å²) in [5.74, 6) is 0.660. The molecule has 1 saturated carbocycles. The summed E-state index contributed by atoms with van der Waals surface area (Å²) < 4.78 is 0. The number of hydrogen-bond donors (Lipinski definition) is 2. The third-order valence-electron chi connectivity index (χ3n) is 4.69. The topological polar surface area (TPSA) is 55.1 Å². The number of benzene rings is 2. The molecule has 4 heteroatoms. The van der Waals surface area contributed by atoms with Gasteiger partial charge in [-0.05, 0) is 48.4 Å². The summed E-state index contributed by atoms with van der Waals surface area (Å²) in [5, 5.41) is 3.24. The molecular weight excluding hydrogens is 320 g/mol. The van der Waals surface area contributed by atoms with Crippen molar-refractivity contribution in [2.45, 2.75) is 38.1 Å². The van der Waals surface area contributed by atoms with Gasteiger partial charge < -0.3 is 11.1 Å². The Balaban J connectivity index is 0.00000208. The number of hydrogen-bond acceptors (Lipinski definition) is 2. The van der Waals surface area contributed by atoms with E-state index in [0.717, 1.165) is 24.1 Å². The molecule has 1 aliphatic rings. The number of carbonyl (C=O) groups is 1. The third kappa shape index (κ3) is 5.00. The average Bonchev–Trinajstić information content (AvgIpc) is 2.97. The van der Waals surface area contributed by atoms with E-state index in [-0.39, 0.29) is 18.3 Å². The van der Waals surface area contributed by atoms with Crippen molar-refractivity contribution in [2.24, 2.45) is 5.92 Å². The zero-order valence-electron chi connectivity index (χ0n) is 13.8. The SMILES string of the molecule is Cl.Nc1ccc(CC(=O)NC2CCCC2Cc2ccccc2)cc1. The van der Waals surface area contributed by atoms with E-state index >= 15 is 0 Å². The van der Waals surface area contributed by atoms with Crippen LogP contribution in [0.15, 0.2) is 54.6 Å². The number of anilines is 1. The second kappa shape index (κ2) is 8.74.